The maximum absolute atomic E-state index is 12.9. The highest BCUT2D eigenvalue weighted by Crippen LogP contribution is 2.32. The first-order valence-electron chi connectivity index (χ1n) is 8.31. The third-order valence-electron chi connectivity index (χ3n) is 4.52. The number of nitro benzene ring substituents is 1. The van der Waals surface area contributed by atoms with Gasteiger partial charge in [-0.15, -0.1) is 0 Å². The van der Waals surface area contributed by atoms with Gasteiger partial charge in [0.2, 0.25) is 0 Å². The van der Waals surface area contributed by atoms with Crippen molar-refractivity contribution < 1.29 is 18.1 Å². The van der Waals surface area contributed by atoms with E-state index in [1.54, 1.807) is 12.1 Å². The summed E-state index contributed by atoms with van der Waals surface area (Å²) >= 11 is 5.82. The highest BCUT2D eigenvalue weighted by Gasteiger charge is 2.31. The lowest BCUT2D eigenvalue weighted by Crippen LogP contribution is -2.46. The lowest BCUT2D eigenvalue weighted by Gasteiger charge is -2.36. The summed E-state index contributed by atoms with van der Waals surface area (Å²) in [5, 5.41) is 11.1. The molecular formula is C18H17ClF3N3O2. The maximum Gasteiger partial charge on any atom is 0.416 e. The maximum atomic E-state index is 12.9. The van der Waals surface area contributed by atoms with E-state index in [9.17, 15) is 23.3 Å². The van der Waals surface area contributed by atoms with Crippen LogP contribution in [0.25, 0.3) is 0 Å². The number of benzene rings is 2. The molecule has 27 heavy (non-hydrogen) atoms. The fraction of sp³-hybridized carbons (Fsp3) is 0.333. The van der Waals surface area contributed by atoms with Crippen LogP contribution in [-0.2, 0) is 12.7 Å². The second-order valence-electron chi connectivity index (χ2n) is 6.35. The van der Waals surface area contributed by atoms with Crippen LogP contribution in [-0.4, -0.2) is 36.0 Å². The van der Waals surface area contributed by atoms with E-state index in [1.807, 2.05) is 4.90 Å². The largest absolute Gasteiger partial charge is 0.416 e. The average Bonchev–Trinajstić information content (AvgIpc) is 2.63. The summed E-state index contributed by atoms with van der Waals surface area (Å²) < 4.78 is 38.6. The minimum atomic E-state index is -4.36. The Bertz CT molecular complexity index is 837. The molecule has 2 aromatic rings. The second-order valence-corrected chi connectivity index (χ2v) is 6.76. The first kappa shape index (κ1) is 19.4. The Morgan fingerprint density at radius 1 is 1.07 bits per heavy atom. The van der Waals surface area contributed by atoms with Gasteiger partial charge in [0.05, 0.1) is 10.5 Å². The number of rotatable bonds is 4. The molecule has 3 rings (SSSR count). The van der Waals surface area contributed by atoms with Gasteiger partial charge in [-0.25, -0.2) is 0 Å². The van der Waals surface area contributed by atoms with Crippen LogP contribution in [0.5, 0.6) is 0 Å². The van der Waals surface area contributed by atoms with Gasteiger partial charge in [-0.1, -0.05) is 23.7 Å². The molecule has 0 aromatic heterocycles. The summed E-state index contributed by atoms with van der Waals surface area (Å²) in [7, 11) is 0. The van der Waals surface area contributed by atoms with Gasteiger partial charge in [0.25, 0.3) is 5.69 Å². The van der Waals surface area contributed by atoms with Crippen molar-refractivity contribution in [3.8, 4) is 0 Å². The van der Waals surface area contributed by atoms with E-state index >= 15 is 0 Å². The molecule has 5 nitrogen and oxygen atoms in total. The number of nitro groups is 1. The van der Waals surface area contributed by atoms with Crippen molar-refractivity contribution in [1.29, 1.82) is 0 Å². The van der Waals surface area contributed by atoms with Crippen LogP contribution in [0.15, 0.2) is 42.5 Å². The van der Waals surface area contributed by atoms with E-state index in [4.69, 9.17) is 11.6 Å². The molecule has 0 unspecified atom stereocenters. The van der Waals surface area contributed by atoms with Crippen molar-refractivity contribution in [3.05, 3.63) is 68.7 Å². The number of hydrogen-bond acceptors (Lipinski definition) is 4. The van der Waals surface area contributed by atoms with Gasteiger partial charge in [-0.05, 0) is 29.8 Å². The summed E-state index contributed by atoms with van der Waals surface area (Å²) in [6.07, 6.45) is -4.36. The summed E-state index contributed by atoms with van der Waals surface area (Å²) in [6, 6.07) is 10.0. The molecule has 2 aromatic carbocycles. The summed E-state index contributed by atoms with van der Waals surface area (Å²) in [4.78, 5) is 14.5. The molecule has 0 saturated carbocycles. The Morgan fingerprint density at radius 3 is 2.41 bits per heavy atom. The average molecular weight is 400 g/mol. The fourth-order valence-corrected chi connectivity index (χ4v) is 3.28. The highest BCUT2D eigenvalue weighted by molar-refractivity contribution is 6.32. The van der Waals surface area contributed by atoms with Gasteiger partial charge >= 0.3 is 6.18 Å². The van der Waals surface area contributed by atoms with Crippen LogP contribution in [0.3, 0.4) is 0 Å². The minimum absolute atomic E-state index is 0.0955. The van der Waals surface area contributed by atoms with E-state index < -0.39 is 16.7 Å². The lowest BCUT2D eigenvalue weighted by atomic mass is 10.1. The summed E-state index contributed by atoms with van der Waals surface area (Å²) in [6.45, 7) is 2.97. The van der Waals surface area contributed by atoms with Crippen LogP contribution >= 0.6 is 11.6 Å². The molecule has 1 aliphatic rings. The minimum Gasteiger partial charge on any atom is -0.369 e. The normalized spacial score (nSPS) is 15.8. The van der Waals surface area contributed by atoms with E-state index in [0.717, 1.165) is 17.7 Å². The van der Waals surface area contributed by atoms with Gasteiger partial charge < -0.3 is 4.90 Å². The quantitative estimate of drug-likeness (QED) is 0.557. The van der Waals surface area contributed by atoms with Crippen LogP contribution in [0.1, 0.15) is 11.1 Å². The molecule has 0 radical (unpaired) electrons. The van der Waals surface area contributed by atoms with Gasteiger partial charge in [-0.2, -0.15) is 13.2 Å². The number of piperazine rings is 1. The number of alkyl halides is 3. The van der Waals surface area contributed by atoms with Crippen molar-refractivity contribution in [2.45, 2.75) is 12.7 Å². The molecule has 0 bridgehead atoms. The number of nitrogens with zero attached hydrogens (tertiary/aromatic N) is 3. The van der Waals surface area contributed by atoms with Crippen molar-refractivity contribution in [2.24, 2.45) is 0 Å². The van der Waals surface area contributed by atoms with E-state index in [1.165, 1.54) is 18.2 Å². The zero-order valence-corrected chi connectivity index (χ0v) is 15.0. The van der Waals surface area contributed by atoms with Gasteiger partial charge in [-0.3, -0.25) is 15.0 Å². The van der Waals surface area contributed by atoms with Crippen molar-refractivity contribution in [3.63, 3.8) is 0 Å². The third-order valence-corrected chi connectivity index (χ3v) is 4.84. The van der Waals surface area contributed by atoms with Crippen LogP contribution in [0, 0.1) is 10.1 Å². The predicted molar refractivity (Wildman–Crippen MR) is 97.0 cm³/mol. The molecule has 1 heterocycles. The summed E-state index contributed by atoms with van der Waals surface area (Å²) in [5.41, 5.74) is 0.540. The van der Waals surface area contributed by atoms with E-state index in [0.29, 0.717) is 38.4 Å². The fourth-order valence-electron chi connectivity index (χ4n) is 3.10. The molecule has 1 aliphatic heterocycles. The highest BCUT2D eigenvalue weighted by atomic mass is 35.5. The predicted octanol–water partition coefficient (Wildman–Crippen LogP) is 4.59. The van der Waals surface area contributed by atoms with Crippen LogP contribution in [0.2, 0.25) is 5.02 Å². The smallest absolute Gasteiger partial charge is 0.369 e. The van der Waals surface area contributed by atoms with Gasteiger partial charge in [0.1, 0.15) is 5.02 Å². The Labute approximate surface area is 159 Å². The van der Waals surface area contributed by atoms with Gasteiger partial charge in [0.15, 0.2) is 0 Å². The van der Waals surface area contributed by atoms with Crippen LogP contribution < -0.4 is 4.90 Å². The number of halogens is 4. The number of anilines is 1. The van der Waals surface area contributed by atoms with Gasteiger partial charge in [0, 0.05) is 44.5 Å². The molecular weight excluding hydrogens is 383 g/mol. The number of hydrogen-bond donors (Lipinski definition) is 0. The van der Waals surface area contributed by atoms with Crippen molar-refractivity contribution in [1.82, 2.24) is 4.90 Å². The molecule has 1 fully saturated rings. The Hall–Kier alpha value is -2.32. The van der Waals surface area contributed by atoms with Crippen molar-refractivity contribution in [2.75, 3.05) is 31.1 Å². The van der Waals surface area contributed by atoms with Crippen LogP contribution in [0.4, 0.5) is 24.5 Å². The topological polar surface area (TPSA) is 49.6 Å². The molecule has 0 amide bonds. The van der Waals surface area contributed by atoms with E-state index in [2.05, 4.69) is 4.90 Å². The standard InChI is InChI=1S/C18H17ClF3N3O2/c19-16-5-4-13(10-17(16)25(26)27)12-23-6-8-24(9-7-23)15-3-1-2-14(11-15)18(20,21)22/h1-5,10-11H,6-9,12H2. The lowest BCUT2D eigenvalue weighted by molar-refractivity contribution is -0.384. The first-order chi connectivity index (χ1) is 12.7. The zero-order valence-electron chi connectivity index (χ0n) is 14.2. The molecule has 1 saturated heterocycles. The Morgan fingerprint density at radius 2 is 1.78 bits per heavy atom. The van der Waals surface area contributed by atoms with Crippen molar-refractivity contribution >= 4 is 23.0 Å². The third kappa shape index (κ3) is 4.70. The molecule has 144 valence electrons. The SMILES string of the molecule is O=[N+]([O-])c1cc(CN2CCN(c3cccc(C(F)(F)F)c3)CC2)ccc1Cl. The molecule has 9 heteroatoms. The Balaban J connectivity index is 1.63. The zero-order chi connectivity index (χ0) is 19.6. The second kappa shape index (κ2) is 7.74. The molecule has 0 N–H and O–H groups in total. The first-order valence-corrected chi connectivity index (χ1v) is 8.69. The molecule has 0 aliphatic carbocycles. The molecule has 0 spiro atoms. The molecule has 0 atom stereocenters. The summed E-state index contributed by atoms with van der Waals surface area (Å²) in [5.74, 6) is 0. The van der Waals surface area contributed by atoms with E-state index in [-0.39, 0.29) is 10.7 Å². The monoisotopic (exact) mass is 399 g/mol. The Kier molecular flexibility index (Phi) is 5.57.